The van der Waals surface area contributed by atoms with Gasteiger partial charge in [-0.1, -0.05) is 12.1 Å². The van der Waals surface area contributed by atoms with Crippen molar-refractivity contribution in [3.63, 3.8) is 0 Å². The van der Waals surface area contributed by atoms with Crippen LogP contribution in [0, 0.1) is 0 Å². The first-order valence-electron chi connectivity index (χ1n) is 4.69. The Morgan fingerprint density at radius 1 is 1.12 bits per heavy atom. The molecule has 0 aliphatic heterocycles. The van der Waals surface area contributed by atoms with Crippen LogP contribution in [0.3, 0.4) is 0 Å². The fourth-order valence-electron chi connectivity index (χ4n) is 1.35. The van der Waals surface area contributed by atoms with Crippen molar-refractivity contribution >= 4 is 5.78 Å². The minimum Gasteiger partial charge on any atom is -0.288 e. The molecule has 0 unspecified atom stereocenters. The van der Waals surface area contributed by atoms with Crippen molar-refractivity contribution in [1.82, 2.24) is 10.2 Å². The Morgan fingerprint density at radius 2 is 1.76 bits per heavy atom. The highest BCUT2D eigenvalue weighted by molar-refractivity contribution is 6.08. The maximum absolute atomic E-state index is 12.3. The zero-order valence-electron chi connectivity index (χ0n) is 8.45. The van der Waals surface area contributed by atoms with Crippen molar-refractivity contribution in [3.05, 3.63) is 53.3 Å². The number of nitrogens with zero attached hydrogens (tertiary/aromatic N) is 1. The lowest BCUT2D eigenvalue weighted by atomic mass is 10.0. The molecule has 3 nitrogen and oxygen atoms in total. The van der Waals surface area contributed by atoms with E-state index in [1.165, 1.54) is 12.4 Å². The van der Waals surface area contributed by atoms with E-state index in [4.69, 9.17) is 0 Å². The summed E-state index contributed by atoms with van der Waals surface area (Å²) in [5, 5.41) is 6.06. The third kappa shape index (κ3) is 2.35. The fraction of sp³-hybridized carbons (Fsp3) is 0.0909. The van der Waals surface area contributed by atoms with E-state index in [0.29, 0.717) is 5.56 Å². The largest absolute Gasteiger partial charge is 0.416 e. The number of carbonyl (C=O) groups is 1. The van der Waals surface area contributed by atoms with Crippen molar-refractivity contribution in [2.45, 2.75) is 6.18 Å². The summed E-state index contributed by atoms with van der Waals surface area (Å²) >= 11 is 0. The van der Waals surface area contributed by atoms with Gasteiger partial charge in [-0.15, -0.1) is 0 Å². The van der Waals surface area contributed by atoms with Crippen LogP contribution in [-0.4, -0.2) is 16.0 Å². The van der Waals surface area contributed by atoms with Crippen LogP contribution in [0.15, 0.2) is 36.7 Å². The van der Waals surface area contributed by atoms with Crippen LogP contribution in [0.1, 0.15) is 21.5 Å². The molecule has 0 radical (unpaired) electrons. The zero-order valence-corrected chi connectivity index (χ0v) is 8.45. The number of hydrogen-bond acceptors (Lipinski definition) is 2. The summed E-state index contributed by atoms with van der Waals surface area (Å²) < 4.78 is 36.9. The van der Waals surface area contributed by atoms with E-state index < -0.39 is 11.7 Å². The fourth-order valence-corrected chi connectivity index (χ4v) is 1.35. The average molecular weight is 240 g/mol. The summed E-state index contributed by atoms with van der Waals surface area (Å²) in [4.78, 5) is 11.7. The van der Waals surface area contributed by atoms with E-state index in [9.17, 15) is 18.0 Å². The molecule has 0 amide bonds. The first-order chi connectivity index (χ1) is 7.98. The quantitative estimate of drug-likeness (QED) is 0.820. The van der Waals surface area contributed by atoms with Gasteiger partial charge in [-0.3, -0.25) is 9.89 Å². The molecule has 1 aromatic carbocycles. The monoisotopic (exact) mass is 240 g/mol. The molecule has 0 aliphatic carbocycles. The van der Waals surface area contributed by atoms with Crippen molar-refractivity contribution < 1.29 is 18.0 Å². The summed E-state index contributed by atoms with van der Waals surface area (Å²) in [5.41, 5.74) is -0.273. The smallest absolute Gasteiger partial charge is 0.288 e. The van der Waals surface area contributed by atoms with Crippen molar-refractivity contribution in [1.29, 1.82) is 0 Å². The number of hydrogen-bond donors (Lipinski definition) is 1. The van der Waals surface area contributed by atoms with Crippen molar-refractivity contribution in [2.75, 3.05) is 0 Å². The molecular weight excluding hydrogens is 233 g/mol. The van der Waals surface area contributed by atoms with E-state index >= 15 is 0 Å². The molecule has 0 spiro atoms. The SMILES string of the molecule is O=C(c1ccc(C(F)(F)F)cc1)c1cn[nH]c1. The minimum absolute atomic E-state index is 0.194. The summed E-state index contributed by atoms with van der Waals surface area (Å²) in [5.74, 6) is -0.368. The second kappa shape index (κ2) is 4.04. The minimum atomic E-state index is -4.39. The molecule has 6 heteroatoms. The predicted molar refractivity (Wildman–Crippen MR) is 53.5 cm³/mol. The third-order valence-corrected chi connectivity index (χ3v) is 2.23. The summed E-state index contributed by atoms with van der Waals surface area (Å²) in [6.07, 6.45) is -1.68. The molecule has 0 aliphatic rings. The summed E-state index contributed by atoms with van der Waals surface area (Å²) in [6, 6.07) is 4.07. The van der Waals surface area contributed by atoms with E-state index in [2.05, 4.69) is 10.2 Å². The number of nitrogens with one attached hydrogen (secondary N) is 1. The lowest BCUT2D eigenvalue weighted by Crippen LogP contribution is -2.06. The van der Waals surface area contributed by atoms with E-state index in [0.717, 1.165) is 24.3 Å². The van der Waals surface area contributed by atoms with Crippen LogP contribution in [0.25, 0.3) is 0 Å². The standard InChI is InChI=1S/C11H7F3N2O/c12-11(13,14)9-3-1-7(2-4-9)10(17)8-5-15-16-6-8/h1-6H,(H,15,16). The summed E-state index contributed by atoms with van der Waals surface area (Å²) in [7, 11) is 0. The second-order valence-corrected chi connectivity index (χ2v) is 3.39. The second-order valence-electron chi connectivity index (χ2n) is 3.39. The first-order valence-corrected chi connectivity index (χ1v) is 4.69. The molecule has 0 saturated carbocycles. The number of halogens is 3. The highest BCUT2D eigenvalue weighted by atomic mass is 19.4. The Hall–Kier alpha value is -2.11. The van der Waals surface area contributed by atoms with Gasteiger partial charge in [0.25, 0.3) is 0 Å². The summed E-state index contributed by atoms with van der Waals surface area (Å²) in [6.45, 7) is 0. The number of aromatic nitrogens is 2. The molecule has 1 aromatic heterocycles. The van der Waals surface area contributed by atoms with Crippen LogP contribution >= 0.6 is 0 Å². The molecule has 0 atom stereocenters. The van der Waals surface area contributed by atoms with Gasteiger partial charge < -0.3 is 0 Å². The molecular formula is C11H7F3N2O. The molecule has 1 N–H and O–H groups in total. The van der Waals surface area contributed by atoms with Crippen LogP contribution < -0.4 is 0 Å². The number of ketones is 1. The Labute approximate surface area is 94.3 Å². The lowest BCUT2D eigenvalue weighted by Gasteiger charge is -2.06. The number of H-pyrrole nitrogens is 1. The Kier molecular flexibility index (Phi) is 2.71. The number of rotatable bonds is 2. The van der Waals surface area contributed by atoms with Crippen LogP contribution in [0.2, 0.25) is 0 Å². The number of benzene rings is 1. The van der Waals surface area contributed by atoms with Gasteiger partial charge in [0.2, 0.25) is 0 Å². The third-order valence-electron chi connectivity index (χ3n) is 2.23. The van der Waals surface area contributed by atoms with Gasteiger partial charge in [-0.2, -0.15) is 18.3 Å². The van der Waals surface area contributed by atoms with Gasteiger partial charge in [-0.25, -0.2) is 0 Å². The molecule has 88 valence electrons. The molecule has 0 bridgehead atoms. The maximum Gasteiger partial charge on any atom is 0.416 e. The van der Waals surface area contributed by atoms with E-state index in [1.807, 2.05) is 0 Å². The topological polar surface area (TPSA) is 45.8 Å². The molecule has 0 fully saturated rings. The van der Waals surface area contributed by atoms with Gasteiger partial charge in [0, 0.05) is 11.8 Å². The van der Waals surface area contributed by atoms with Gasteiger partial charge in [0.15, 0.2) is 5.78 Å². The predicted octanol–water partition coefficient (Wildman–Crippen LogP) is 2.66. The number of alkyl halides is 3. The Balaban J connectivity index is 2.28. The Bertz CT molecular complexity index is 515. The van der Waals surface area contributed by atoms with Gasteiger partial charge in [0.1, 0.15) is 0 Å². The average Bonchev–Trinajstić information content (AvgIpc) is 2.80. The number of carbonyl (C=O) groups excluding carboxylic acids is 1. The first kappa shape index (κ1) is 11.4. The molecule has 2 aromatic rings. The van der Waals surface area contributed by atoms with Crippen LogP contribution in [0.4, 0.5) is 13.2 Å². The van der Waals surface area contributed by atoms with Crippen molar-refractivity contribution in [3.8, 4) is 0 Å². The molecule has 17 heavy (non-hydrogen) atoms. The lowest BCUT2D eigenvalue weighted by molar-refractivity contribution is -0.137. The van der Waals surface area contributed by atoms with Crippen LogP contribution in [-0.2, 0) is 6.18 Å². The Morgan fingerprint density at radius 3 is 2.24 bits per heavy atom. The van der Waals surface area contributed by atoms with Crippen molar-refractivity contribution in [2.24, 2.45) is 0 Å². The normalized spacial score (nSPS) is 11.5. The van der Waals surface area contributed by atoms with E-state index in [-0.39, 0.29) is 11.3 Å². The number of aromatic amines is 1. The van der Waals surface area contributed by atoms with E-state index in [1.54, 1.807) is 0 Å². The zero-order chi connectivity index (χ0) is 12.5. The van der Waals surface area contributed by atoms with Gasteiger partial charge in [-0.05, 0) is 12.1 Å². The molecule has 0 saturated heterocycles. The molecule has 1 heterocycles. The maximum atomic E-state index is 12.3. The van der Waals surface area contributed by atoms with Crippen LogP contribution in [0.5, 0.6) is 0 Å². The highest BCUT2D eigenvalue weighted by Crippen LogP contribution is 2.29. The molecule has 2 rings (SSSR count). The highest BCUT2D eigenvalue weighted by Gasteiger charge is 2.30. The van der Waals surface area contributed by atoms with Gasteiger partial charge >= 0.3 is 6.18 Å². The van der Waals surface area contributed by atoms with Gasteiger partial charge in [0.05, 0.1) is 17.3 Å².